The van der Waals surface area contributed by atoms with E-state index in [-0.39, 0.29) is 23.9 Å². The minimum Gasteiger partial charge on any atom is -0.350 e. The molecular formula is C12H18ClIN2O. The van der Waals surface area contributed by atoms with Crippen molar-refractivity contribution in [3.05, 3.63) is 33.4 Å². The molecule has 0 saturated heterocycles. The van der Waals surface area contributed by atoms with Gasteiger partial charge < -0.3 is 11.1 Å². The van der Waals surface area contributed by atoms with E-state index in [4.69, 9.17) is 5.73 Å². The number of carbonyl (C=O) groups is 1. The molecule has 0 aromatic heterocycles. The molecule has 1 aromatic carbocycles. The Labute approximate surface area is 122 Å². The predicted molar refractivity (Wildman–Crippen MR) is 81.4 cm³/mol. The van der Waals surface area contributed by atoms with Crippen molar-refractivity contribution in [3.63, 3.8) is 0 Å². The first-order chi connectivity index (χ1) is 7.43. The van der Waals surface area contributed by atoms with E-state index in [2.05, 4.69) is 27.9 Å². The molecule has 1 rings (SSSR count). The lowest BCUT2D eigenvalue weighted by molar-refractivity contribution is -0.121. The smallest absolute Gasteiger partial charge is 0.224 e. The van der Waals surface area contributed by atoms with Gasteiger partial charge in [-0.3, -0.25) is 4.79 Å². The molecule has 0 bridgehead atoms. The number of rotatable bonds is 4. The first-order valence-corrected chi connectivity index (χ1v) is 6.26. The van der Waals surface area contributed by atoms with Crippen LogP contribution in [0, 0.1) is 3.57 Å². The summed E-state index contributed by atoms with van der Waals surface area (Å²) in [6.07, 6.45) is 0.403. The highest BCUT2D eigenvalue weighted by atomic mass is 127. The first kappa shape index (κ1) is 16.7. The molecule has 0 fully saturated rings. The Kier molecular flexibility index (Phi) is 7.04. The molecule has 1 amide bonds. The number of amides is 1. The standard InChI is InChI=1S/C12H17IN2O.ClH/c1-12(2,8-14)15-11(16)7-9-4-3-5-10(13)6-9;/h3-6H,7-8,14H2,1-2H3,(H,15,16);1H. The lowest BCUT2D eigenvalue weighted by Crippen LogP contribution is -2.49. The van der Waals surface area contributed by atoms with E-state index in [9.17, 15) is 4.79 Å². The molecule has 5 heteroatoms. The van der Waals surface area contributed by atoms with Crippen LogP contribution in [0.25, 0.3) is 0 Å². The number of nitrogens with one attached hydrogen (secondary N) is 1. The van der Waals surface area contributed by atoms with Gasteiger partial charge in [-0.05, 0) is 54.1 Å². The fourth-order valence-electron chi connectivity index (χ4n) is 1.30. The normalized spacial score (nSPS) is 10.6. The van der Waals surface area contributed by atoms with Crippen molar-refractivity contribution in [3.8, 4) is 0 Å². The molecular weight excluding hydrogens is 351 g/mol. The van der Waals surface area contributed by atoms with E-state index in [1.807, 2.05) is 38.1 Å². The van der Waals surface area contributed by atoms with Crippen LogP contribution >= 0.6 is 35.0 Å². The molecule has 0 unspecified atom stereocenters. The van der Waals surface area contributed by atoms with E-state index >= 15 is 0 Å². The quantitative estimate of drug-likeness (QED) is 0.800. The van der Waals surface area contributed by atoms with Gasteiger partial charge in [0.15, 0.2) is 0 Å². The second-order valence-electron chi connectivity index (χ2n) is 4.44. The highest BCUT2D eigenvalue weighted by molar-refractivity contribution is 14.1. The molecule has 0 radical (unpaired) electrons. The van der Waals surface area contributed by atoms with Gasteiger partial charge in [-0.2, -0.15) is 0 Å². The monoisotopic (exact) mass is 368 g/mol. The number of nitrogens with two attached hydrogens (primary N) is 1. The van der Waals surface area contributed by atoms with Crippen LogP contribution in [0.5, 0.6) is 0 Å². The second kappa shape index (κ2) is 7.18. The van der Waals surface area contributed by atoms with Crippen LogP contribution < -0.4 is 11.1 Å². The third-order valence-electron chi connectivity index (χ3n) is 2.24. The molecule has 3 N–H and O–H groups in total. The topological polar surface area (TPSA) is 55.1 Å². The summed E-state index contributed by atoms with van der Waals surface area (Å²) >= 11 is 2.24. The summed E-state index contributed by atoms with van der Waals surface area (Å²) in [5, 5.41) is 2.91. The summed E-state index contributed by atoms with van der Waals surface area (Å²) < 4.78 is 1.14. The highest BCUT2D eigenvalue weighted by Crippen LogP contribution is 2.09. The number of hydrogen-bond donors (Lipinski definition) is 2. The van der Waals surface area contributed by atoms with E-state index in [1.54, 1.807) is 0 Å². The summed E-state index contributed by atoms with van der Waals surface area (Å²) in [6, 6.07) is 7.93. The third kappa shape index (κ3) is 6.24. The van der Waals surface area contributed by atoms with Gasteiger partial charge in [-0.15, -0.1) is 12.4 Å². The fourth-order valence-corrected chi connectivity index (χ4v) is 1.91. The number of halogens is 2. The lowest BCUT2D eigenvalue weighted by atomic mass is 10.1. The molecule has 96 valence electrons. The Morgan fingerprint density at radius 3 is 2.65 bits per heavy atom. The molecule has 0 atom stereocenters. The molecule has 0 aliphatic heterocycles. The first-order valence-electron chi connectivity index (χ1n) is 5.18. The zero-order valence-corrected chi connectivity index (χ0v) is 13.0. The maximum atomic E-state index is 11.7. The molecule has 0 spiro atoms. The fraction of sp³-hybridized carbons (Fsp3) is 0.417. The Morgan fingerprint density at radius 2 is 2.12 bits per heavy atom. The van der Waals surface area contributed by atoms with Crippen LogP contribution in [0.1, 0.15) is 19.4 Å². The molecule has 17 heavy (non-hydrogen) atoms. The molecule has 3 nitrogen and oxygen atoms in total. The number of carbonyl (C=O) groups excluding carboxylic acids is 1. The molecule has 0 aliphatic carbocycles. The minimum absolute atomic E-state index is 0. The Balaban J connectivity index is 0.00000256. The van der Waals surface area contributed by atoms with Crippen LogP contribution in [0.15, 0.2) is 24.3 Å². The largest absolute Gasteiger partial charge is 0.350 e. The Morgan fingerprint density at radius 1 is 1.47 bits per heavy atom. The van der Waals surface area contributed by atoms with Gasteiger partial charge in [-0.25, -0.2) is 0 Å². The summed E-state index contributed by atoms with van der Waals surface area (Å²) in [5.74, 6) is 0.0115. The van der Waals surface area contributed by atoms with Crippen LogP contribution in [0.4, 0.5) is 0 Å². The molecule has 0 heterocycles. The Bertz CT molecular complexity index is 383. The summed E-state index contributed by atoms with van der Waals surface area (Å²) in [7, 11) is 0. The average Bonchev–Trinajstić information content (AvgIpc) is 2.16. The zero-order valence-electron chi connectivity index (χ0n) is 10.00. The van der Waals surface area contributed by atoms with Crippen molar-refractivity contribution in [1.29, 1.82) is 0 Å². The SMILES string of the molecule is CC(C)(CN)NC(=O)Cc1cccc(I)c1.Cl. The van der Waals surface area contributed by atoms with E-state index in [1.165, 1.54) is 0 Å². The molecule has 0 aliphatic rings. The van der Waals surface area contributed by atoms with Gasteiger partial charge in [0.05, 0.1) is 6.42 Å². The van der Waals surface area contributed by atoms with Gasteiger partial charge in [0.1, 0.15) is 0 Å². The second-order valence-corrected chi connectivity index (χ2v) is 5.69. The predicted octanol–water partition coefficient (Wildman–Crippen LogP) is 2.11. The molecule has 1 aromatic rings. The van der Waals surface area contributed by atoms with E-state index < -0.39 is 0 Å². The summed E-state index contributed by atoms with van der Waals surface area (Å²) in [5.41, 5.74) is 6.25. The Hall–Kier alpha value is -0.330. The third-order valence-corrected chi connectivity index (χ3v) is 2.91. The maximum absolute atomic E-state index is 11.7. The number of hydrogen-bond acceptors (Lipinski definition) is 2. The minimum atomic E-state index is -0.334. The van der Waals surface area contributed by atoms with Crippen LogP contribution in [-0.2, 0) is 11.2 Å². The van der Waals surface area contributed by atoms with Gasteiger partial charge in [-0.1, -0.05) is 12.1 Å². The van der Waals surface area contributed by atoms with Gasteiger partial charge >= 0.3 is 0 Å². The average molecular weight is 369 g/mol. The van der Waals surface area contributed by atoms with Crippen molar-refractivity contribution < 1.29 is 4.79 Å². The highest BCUT2D eigenvalue weighted by Gasteiger charge is 2.18. The lowest BCUT2D eigenvalue weighted by Gasteiger charge is -2.24. The van der Waals surface area contributed by atoms with Crippen molar-refractivity contribution >= 4 is 40.9 Å². The van der Waals surface area contributed by atoms with Gasteiger partial charge in [0.2, 0.25) is 5.91 Å². The van der Waals surface area contributed by atoms with Crippen molar-refractivity contribution in [1.82, 2.24) is 5.32 Å². The van der Waals surface area contributed by atoms with Crippen molar-refractivity contribution in [2.24, 2.45) is 5.73 Å². The van der Waals surface area contributed by atoms with E-state index in [0.717, 1.165) is 9.13 Å². The molecule has 0 saturated carbocycles. The maximum Gasteiger partial charge on any atom is 0.224 e. The number of benzene rings is 1. The van der Waals surface area contributed by atoms with Crippen molar-refractivity contribution in [2.45, 2.75) is 25.8 Å². The zero-order chi connectivity index (χ0) is 12.2. The van der Waals surface area contributed by atoms with Gasteiger partial charge in [0.25, 0.3) is 0 Å². The van der Waals surface area contributed by atoms with E-state index in [0.29, 0.717) is 13.0 Å². The van der Waals surface area contributed by atoms with Gasteiger partial charge in [0, 0.05) is 15.7 Å². The van der Waals surface area contributed by atoms with Crippen LogP contribution in [-0.4, -0.2) is 18.0 Å². The van der Waals surface area contributed by atoms with Crippen molar-refractivity contribution in [2.75, 3.05) is 6.54 Å². The summed E-state index contributed by atoms with van der Waals surface area (Å²) in [6.45, 7) is 4.27. The van der Waals surface area contributed by atoms with Crippen LogP contribution in [0.2, 0.25) is 0 Å². The summed E-state index contributed by atoms with van der Waals surface area (Å²) in [4.78, 5) is 11.7. The van der Waals surface area contributed by atoms with Crippen LogP contribution in [0.3, 0.4) is 0 Å².